The Balaban J connectivity index is 2.12. The van der Waals surface area contributed by atoms with Crippen LogP contribution >= 0.6 is 0 Å². The number of fused-ring (bicyclic) bond motifs is 4. The van der Waals surface area contributed by atoms with E-state index in [2.05, 4.69) is 0 Å². The van der Waals surface area contributed by atoms with Crippen molar-refractivity contribution in [3.05, 3.63) is 23.3 Å². The first-order chi connectivity index (χ1) is 8.40. The Morgan fingerprint density at radius 1 is 1.22 bits per heavy atom. The van der Waals surface area contributed by atoms with Crippen molar-refractivity contribution in [3.63, 3.8) is 0 Å². The highest BCUT2D eigenvalue weighted by atomic mass is 16.5. The monoisotopic (exact) mass is 247 g/mol. The van der Waals surface area contributed by atoms with Gasteiger partial charge in [0.05, 0.1) is 11.1 Å². The van der Waals surface area contributed by atoms with Crippen LogP contribution < -0.4 is 0 Å². The molecule has 3 rings (SSSR count). The molecule has 96 valence electrons. The quantitative estimate of drug-likeness (QED) is 0.547. The van der Waals surface area contributed by atoms with Gasteiger partial charge in [0.25, 0.3) is 11.8 Å². The Morgan fingerprint density at radius 3 is 2.44 bits per heavy atom. The number of carbonyl (C=O) groups is 2. The first-order valence-corrected chi connectivity index (χ1v) is 6.40. The first kappa shape index (κ1) is 11.7. The maximum absolute atomic E-state index is 12.5. The number of ether oxygens (including phenoxy) is 1. The summed E-state index contributed by atoms with van der Waals surface area (Å²) in [6, 6.07) is -0.112. The van der Waals surface area contributed by atoms with E-state index < -0.39 is 5.60 Å². The summed E-state index contributed by atoms with van der Waals surface area (Å²) in [6.45, 7) is 7.74. The molecule has 18 heavy (non-hydrogen) atoms. The topological polar surface area (TPSA) is 46.6 Å². The number of imide groups is 1. The van der Waals surface area contributed by atoms with Crippen molar-refractivity contribution >= 4 is 11.8 Å². The normalized spacial score (nSPS) is 33.7. The van der Waals surface area contributed by atoms with Gasteiger partial charge in [0.2, 0.25) is 0 Å². The molecule has 2 bridgehead atoms. The third kappa shape index (κ3) is 1.09. The van der Waals surface area contributed by atoms with Gasteiger partial charge in [-0.2, -0.15) is 0 Å². The fraction of sp³-hybridized carbons (Fsp3) is 0.571. The summed E-state index contributed by atoms with van der Waals surface area (Å²) in [4.78, 5) is 26.2. The van der Waals surface area contributed by atoms with Crippen molar-refractivity contribution < 1.29 is 14.3 Å². The van der Waals surface area contributed by atoms with Crippen LogP contribution in [-0.4, -0.2) is 34.5 Å². The molecule has 0 saturated heterocycles. The van der Waals surface area contributed by atoms with Gasteiger partial charge >= 0.3 is 0 Å². The lowest BCUT2D eigenvalue weighted by Gasteiger charge is -2.31. The maximum Gasteiger partial charge on any atom is 0.260 e. The highest BCUT2D eigenvalue weighted by Gasteiger charge is 2.60. The van der Waals surface area contributed by atoms with Crippen LogP contribution in [0.2, 0.25) is 0 Å². The summed E-state index contributed by atoms with van der Waals surface area (Å²) < 4.78 is 5.90. The predicted molar refractivity (Wildman–Crippen MR) is 65.6 cm³/mol. The van der Waals surface area contributed by atoms with Gasteiger partial charge in [-0.3, -0.25) is 14.5 Å². The average molecular weight is 247 g/mol. The lowest BCUT2D eigenvalue weighted by Crippen LogP contribution is -2.44. The minimum atomic E-state index is -0.684. The van der Waals surface area contributed by atoms with Crippen LogP contribution in [0.5, 0.6) is 0 Å². The Kier molecular flexibility index (Phi) is 2.15. The van der Waals surface area contributed by atoms with E-state index in [1.165, 1.54) is 4.90 Å². The van der Waals surface area contributed by atoms with Crippen molar-refractivity contribution in [2.45, 2.75) is 45.4 Å². The standard InChI is InChI=1S/C14H17NO3/c1-7(2)14-6-5-9(18-14)10-11(14)13(17)15(8(3)4)12(10)16/h5-9H,1-4H3. The molecule has 0 aromatic carbocycles. The molecule has 0 radical (unpaired) electrons. The molecule has 0 fully saturated rings. The molecule has 3 aliphatic heterocycles. The summed E-state index contributed by atoms with van der Waals surface area (Å²) in [7, 11) is 0. The maximum atomic E-state index is 12.5. The van der Waals surface area contributed by atoms with Crippen molar-refractivity contribution in [1.29, 1.82) is 0 Å². The number of hydrogen-bond donors (Lipinski definition) is 0. The van der Waals surface area contributed by atoms with Crippen LogP contribution in [0.4, 0.5) is 0 Å². The number of amides is 2. The Bertz CT molecular complexity index is 515. The molecule has 4 nitrogen and oxygen atoms in total. The van der Waals surface area contributed by atoms with Crippen LogP contribution in [-0.2, 0) is 14.3 Å². The molecule has 0 saturated carbocycles. The zero-order valence-corrected chi connectivity index (χ0v) is 11.1. The third-order valence-corrected chi connectivity index (χ3v) is 4.04. The van der Waals surface area contributed by atoms with Crippen molar-refractivity contribution in [2.75, 3.05) is 0 Å². The number of hydrogen-bond acceptors (Lipinski definition) is 3. The summed E-state index contributed by atoms with van der Waals surface area (Å²) >= 11 is 0. The van der Waals surface area contributed by atoms with Crippen molar-refractivity contribution in [2.24, 2.45) is 5.92 Å². The smallest absolute Gasteiger partial charge is 0.260 e. The van der Waals surface area contributed by atoms with E-state index in [9.17, 15) is 9.59 Å². The SMILES string of the molecule is CC(C)N1C(=O)C2=C(C1=O)C1(C(C)C)C=CC2O1. The first-order valence-electron chi connectivity index (χ1n) is 6.40. The second kappa shape index (κ2) is 3.32. The molecular formula is C14H17NO3. The molecule has 2 atom stereocenters. The van der Waals surface area contributed by atoms with Gasteiger partial charge in [-0.1, -0.05) is 19.9 Å². The lowest BCUT2D eigenvalue weighted by atomic mass is 9.80. The molecule has 0 spiro atoms. The summed E-state index contributed by atoms with van der Waals surface area (Å²) in [5, 5.41) is 0. The largest absolute Gasteiger partial charge is 0.353 e. The molecular weight excluding hydrogens is 230 g/mol. The molecule has 2 unspecified atom stereocenters. The van der Waals surface area contributed by atoms with Crippen molar-refractivity contribution in [3.8, 4) is 0 Å². The van der Waals surface area contributed by atoms with E-state index >= 15 is 0 Å². The zero-order valence-electron chi connectivity index (χ0n) is 11.1. The number of rotatable bonds is 2. The lowest BCUT2D eigenvalue weighted by molar-refractivity contribution is -0.142. The van der Waals surface area contributed by atoms with E-state index in [0.717, 1.165) is 0 Å². The van der Waals surface area contributed by atoms with Gasteiger partial charge in [0.15, 0.2) is 0 Å². The fourth-order valence-electron chi connectivity index (χ4n) is 3.11. The van der Waals surface area contributed by atoms with E-state index in [0.29, 0.717) is 11.1 Å². The molecule has 4 heteroatoms. The minimum Gasteiger partial charge on any atom is -0.353 e. The number of nitrogens with zero attached hydrogens (tertiary/aromatic N) is 1. The zero-order chi connectivity index (χ0) is 13.2. The van der Waals surface area contributed by atoms with Crippen LogP contribution in [0.15, 0.2) is 23.3 Å². The van der Waals surface area contributed by atoms with Crippen LogP contribution in [0, 0.1) is 5.92 Å². The average Bonchev–Trinajstić information content (AvgIpc) is 2.89. The van der Waals surface area contributed by atoms with Crippen molar-refractivity contribution in [1.82, 2.24) is 4.90 Å². The second-order valence-corrected chi connectivity index (χ2v) is 5.71. The predicted octanol–water partition coefficient (Wildman–Crippen LogP) is 1.42. The Hall–Kier alpha value is -1.42. The summed E-state index contributed by atoms with van der Waals surface area (Å²) in [5.74, 6) is -0.220. The van der Waals surface area contributed by atoms with Gasteiger partial charge in [-0.15, -0.1) is 0 Å². The molecule has 3 heterocycles. The van der Waals surface area contributed by atoms with E-state index in [-0.39, 0.29) is 29.9 Å². The minimum absolute atomic E-state index is 0.112. The van der Waals surface area contributed by atoms with Crippen LogP contribution in [0.25, 0.3) is 0 Å². The molecule has 3 aliphatic rings. The highest BCUT2D eigenvalue weighted by Crippen LogP contribution is 2.51. The van der Waals surface area contributed by atoms with Gasteiger partial charge in [0, 0.05) is 6.04 Å². The van der Waals surface area contributed by atoms with Gasteiger partial charge < -0.3 is 4.74 Å². The van der Waals surface area contributed by atoms with Crippen LogP contribution in [0.3, 0.4) is 0 Å². The third-order valence-electron chi connectivity index (χ3n) is 4.04. The van der Waals surface area contributed by atoms with Crippen LogP contribution in [0.1, 0.15) is 27.7 Å². The molecule has 0 aromatic heterocycles. The van der Waals surface area contributed by atoms with Gasteiger partial charge in [0.1, 0.15) is 11.7 Å². The highest BCUT2D eigenvalue weighted by molar-refractivity contribution is 6.22. The number of carbonyl (C=O) groups excluding carboxylic acids is 2. The Labute approximate surface area is 106 Å². The molecule has 0 aliphatic carbocycles. The summed E-state index contributed by atoms with van der Waals surface area (Å²) in [5.41, 5.74) is 0.449. The second-order valence-electron chi connectivity index (χ2n) is 5.71. The van der Waals surface area contributed by atoms with Gasteiger partial charge in [-0.25, -0.2) is 0 Å². The Morgan fingerprint density at radius 2 is 1.89 bits per heavy atom. The van der Waals surface area contributed by atoms with E-state index in [1.54, 1.807) is 0 Å². The molecule has 0 N–H and O–H groups in total. The fourth-order valence-corrected chi connectivity index (χ4v) is 3.11. The molecule has 2 amide bonds. The van der Waals surface area contributed by atoms with E-state index in [1.807, 2.05) is 39.8 Å². The van der Waals surface area contributed by atoms with E-state index in [4.69, 9.17) is 4.74 Å². The van der Waals surface area contributed by atoms with Gasteiger partial charge in [-0.05, 0) is 25.8 Å². The molecule has 0 aromatic rings. The summed E-state index contributed by atoms with van der Waals surface area (Å²) in [6.07, 6.45) is 3.51.